The molecule has 2 aliphatic heterocycles. The van der Waals surface area contributed by atoms with E-state index in [1.165, 1.54) is 7.11 Å². The van der Waals surface area contributed by atoms with Crippen molar-refractivity contribution in [3.8, 4) is 0 Å². The van der Waals surface area contributed by atoms with Gasteiger partial charge in [-0.2, -0.15) is 0 Å². The van der Waals surface area contributed by atoms with Crippen LogP contribution in [0.25, 0.3) is 0 Å². The lowest BCUT2D eigenvalue weighted by atomic mass is 9.82. The minimum absolute atomic E-state index is 0.00769. The van der Waals surface area contributed by atoms with Gasteiger partial charge in [0.05, 0.1) is 31.9 Å². The summed E-state index contributed by atoms with van der Waals surface area (Å²) in [6.07, 6.45) is 0.785. The fraction of sp³-hybridized carbons (Fsp3) is 0.516. The van der Waals surface area contributed by atoms with Gasteiger partial charge in [-0.05, 0) is 72.3 Å². The van der Waals surface area contributed by atoms with Crippen LogP contribution in [0.5, 0.6) is 0 Å². The van der Waals surface area contributed by atoms with Gasteiger partial charge in [0.1, 0.15) is 0 Å². The van der Waals surface area contributed by atoms with E-state index in [-0.39, 0.29) is 55.2 Å². The number of ether oxygens (including phenoxy) is 2. The smallest absolute Gasteiger partial charge is 0.305 e. The van der Waals surface area contributed by atoms with Crippen LogP contribution in [0.2, 0.25) is 18.6 Å². The number of anilines is 1. The van der Waals surface area contributed by atoms with Crippen LogP contribution in [0.4, 0.5) is 5.69 Å². The van der Waals surface area contributed by atoms with Gasteiger partial charge >= 0.3 is 5.97 Å². The Morgan fingerprint density at radius 1 is 1.17 bits per heavy atom. The molecule has 2 N–H and O–H groups in total. The molecular weight excluding hydrogens is 667 g/mol. The Bertz CT molecular complexity index is 1290. The summed E-state index contributed by atoms with van der Waals surface area (Å²) in [6, 6.07) is 15.4. The molecule has 2 aromatic rings. The zero-order chi connectivity index (χ0) is 30.7. The van der Waals surface area contributed by atoms with Gasteiger partial charge in [-0.3, -0.25) is 14.4 Å². The summed E-state index contributed by atoms with van der Waals surface area (Å²) in [6.45, 7) is 6.38. The number of amides is 2. The van der Waals surface area contributed by atoms with Gasteiger partial charge < -0.3 is 29.2 Å². The topological polar surface area (TPSA) is 117 Å². The van der Waals surface area contributed by atoms with Gasteiger partial charge in [-0.25, -0.2) is 0 Å². The van der Waals surface area contributed by atoms with Crippen LogP contribution < -0.4 is 4.90 Å². The van der Waals surface area contributed by atoms with E-state index in [1.807, 2.05) is 68.5 Å². The van der Waals surface area contributed by atoms with Crippen molar-refractivity contribution in [2.24, 2.45) is 5.92 Å². The van der Waals surface area contributed by atoms with E-state index in [2.05, 4.69) is 22.6 Å². The number of halogens is 1. The summed E-state index contributed by atoms with van der Waals surface area (Å²) in [5.41, 5.74) is 0.752. The molecule has 0 aliphatic carbocycles. The molecule has 0 bridgehead atoms. The number of nitrogens with zero attached hydrogens (tertiary/aromatic N) is 2. The van der Waals surface area contributed by atoms with Crippen molar-refractivity contribution in [3.63, 3.8) is 0 Å². The van der Waals surface area contributed by atoms with E-state index in [1.54, 1.807) is 9.80 Å². The van der Waals surface area contributed by atoms with Gasteiger partial charge in [0, 0.05) is 46.6 Å². The maximum absolute atomic E-state index is 14.4. The van der Waals surface area contributed by atoms with Crippen LogP contribution in [-0.4, -0.2) is 73.8 Å². The summed E-state index contributed by atoms with van der Waals surface area (Å²) >= 11 is 2.22. The Hall–Kier alpha value is -2.32. The van der Waals surface area contributed by atoms with Crippen LogP contribution in [0.1, 0.15) is 43.7 Å². The summed E-state index contributed by atoms with van der Waals surface area (Å²) in [5, 5.41) is 9.71. The van der Waals surface area contributed by atoms with Crippen LogP contribution in [0, 0.1) is 9.49 Å². The third-order valence-electron chi connectivity index (χ3n) is 8.50. The zero-order valence-electron chi connectivity index (χ0n) is 24.7. The quantitative estimate of drug-likeness (QED) is 0.147. The van der Waals surface area contributed by atoms with Crippen molar-refractivity contribution in [1.82, 2.24) is 4.90 Å². The highest BCUT2D eigenvalue weighted by atomic mass is 127. The number of aliphatic hydroxyl groups excluding tert-OH is 1. The highest BCUT2D eigenvalue weighted by Gasteiger charge is 2.66. The zero-order valence-corrected chi connectivity index (χ0v) is 27.9. The van der Waals surface area contributed by atoms with Gasteiger partial charge in [0.25, 0.3) is 5.91 Å². The average molecular weight is 709 g/mol. The minimum Gasteiger partial charge on any atom is -0.469 e. The van der Waals surface area contributed by atoms with Gasteiger partial charge in [-0.15, -0.1) is 0 Å². The predicted octanol–water partition coefficient (Wildman–Crippen LogP) is 4.19. The molecule has 1 fully saturated rings. The molecule has 4 rings (SSSR count). The largest absolute Gasteiger partial charge is 0.469 e. The molecule has 0 radical (unpaired) electrons. The first-order chi connectivity index (χ1) is 19.9. The maximum Gasteiger partial charge on any atom is 0.305 e. The van der Waals surface area contributed by atoms with E-state index in [9.17, 15) is 24.3 Å². The molecule has 2 amide bonds. The van der Waals surface area contributed by atoms with Gasteiger partial charge in [0.15, 0.2) is 13.9 Å². The van der Waals surface area contributed by atoms with Crippen molar-refractivity contribution in [2.75, 3.05) is 31.7 Å². The number of aliphatic hydroxyl groups is 1. The standard InChI is InChI=1S/C31H41IN2O7Si/c1-21-29(42(3,4)39)26(19-27(36)33(16-17-35)20-22-10-6-5-7-11-22)41-31(21)24-18-23(32)13-14-25(24)34(30(31)38)15-9-8-12-28(37)40-2/h5-7,10-11,13-14,18,21,26,29,35,39H,8-9,12,15-17,19-20H2,1-4H3/t21-,26+,29-,31+/m1/s1. The average Bonchev–Trinajstić information content (AvgIpc) is 3.37. The Labute approximate surface area is 262 Å². The van der Waals surface area contributed by atoms with Gasteiger partial charge in [0.2, 0.25) is 5.91 Å². The molecule has 0 unspecified atom stereocenters. The normalized spacial score (nSPS) is 23.4. The molecular formula is C31H41IN2O7Si. The number of hydrogen-bond acceptors (Lipinski definition) is 7. The van der Waals surface area contributed by atoms with Crippen LogP contribution in [0.3, 0.4) is 0 Å². The van der Waals surface area contributed by atoms with E-state index in [4.69, 9.17) is 9.47 Å². The molecule has 4 atom stereocenters. The highest BCUT2D eigenvalue weighted by molar-refractivity contribution is 14.1. The molecule has 2 aromatic carbocycles. The van der Waals surface area contributed by atoms with Crippen molar-refractivity contribution < 1.29 is 33.8 Å². The number of rotatable bonds is 12. The lowest BCUT2D eigenvalue weighted by Crippen LogP contribution is -2.46. The molecule has 0 aromatic heterocycles. The monoisotopic (exact) mass is 708 g/mol. The number of esters is 1. The molecule has 1 spiro atoms. The Balaban J connectivity index is 1.64. The van der Waals surface area contributed by atoms with E-state index < -0.39 is 20.0 Å². The molecule has 1 saturated heterocycles. The predicted molar refractivity (Wildman–Crippen MR) is 170 cm³/mol. The van der Waals surface area contributed by atoms with Crippen LogP contribution >= 0.6 is 22.6 Å². The van der Waals surface area contributed by atoms with E-state index in [0.29, 0.717) is 25.9 Å². The Morgan fingerprint density at radius 2 is 1.88 bits per heavy atom. The number of fused-ring (bicyclic) bond motifs is 2. The summed E-state index contributed by atoms with van der Waals surface area (Å²) in [5.74, 6) is -1.06. The first kappa shape index (κ1) is 32.6. The number of methoxy groups -OCH3 is 1. The molecule has 9 nitrogen and oxygen atoms in total. The lowest BCUT2D eigenvalue weighted by molar-refractivity contribution is -0.150. The number of carbonyl (C=O) groups is 3. The first-order valence-corrected chi connectivity index (χ1v) is 18.6. The molecule has 228 valence electrons. The Kier molecular flexibility index (Phi) is 10.5. The fourth-order valence-electron chi connectivity index (χ4n) is 6.63. The second-order valence-electron chi connectivity index (χ2n) is 11.7. The maximum atomic E-state index is 14.4. The van der Waals surface area contributed by atoms with E-state index in [0.717, 1.165) is 20.4 Å². The highest BCUT2D eigenvalue weighted by Crippen LogP contribution is 2.59. The summed E-state index contributed by atoms with van der Waals surface area (Å²) in [7, 11) is -1.58. The molecule has 42 heavy (non-hydrogen) atoms. The van der Waals surface area contributed by atoms with Crippen molar-refractivity contribution in [2.45, 2.75) is 69.5 Å². The second-order valence-corrected chi connectivity index (χ2v) is 17.0. The van der Waals surface area contributed by atoms with Crippen molar-refractivity contribution >= 4 is 54.4 Å². The molecule has 11 heteroatoms. The Morgan fingerprint density at radius 3 is 2.52 bits per heavy atom. The number of unbranched alkanes of at least 4 members (excludes halogenated alkanes) is 1. The molecule has 2 heterocycles. The lowest BCUT2D eigenvalue weighted by Gasteiger charge is -2.32. The second kappa shape index (κ2) is 13.5. The number of carbonyl (C=O) groups excluding carboxylic acids is 3. The van der Waals surface area contributed by atoms with Crippen LogP contribution in [0.15, 0.2) is 48.5 Å². The third kappa shape index (κ3) is 6.59. The minimum atomic E-state index is -2.94. The molecule has 0 saturated carbocycles. The third-order valence-corrected chi connectivity index (χ3v) is 11.7. The summed E-state index contributed by atoms with van der Waals surface area (Å²) < 4.78 is 12.5. The SMILES string of the molecule is COC(=O)CCCCN1C(=O)[C@@]2(O[C@@H](CC(=O)N(CCO)Cc3ccccc3)[C@H]([Si](C)(C)O)[C@H]2C)c2cc(I)ccc21. The van der Waals surface area contributed by atoms with E-state index >= 15 is 0 Å². The van der Waals surface area contributed by atoms with Crippen LogP contribution in [-0.2, 0) is 36.0 Å². The number of hydrogen-bond donors (Lipinski definition) is 2. The van der Waals surface area contributed by atoms with Crippen molar-refractivity contribution in [3.05, 3.63) is 63.2 Å². The molecule has 2 aliphatic rings. The fourth-order valence-corrected chi connectivity index (χ4v) is 9.68. The number of benzene rings is 2. The van der Waals surface area contributed by atoms with Gasteiger partial charge in [-0.1, -0.05) is 37.3 Å². The van der Waals surface area contributed by atoms with Crippen molar-refractivity contribution in [1.29, 1.82) is 0 Å². The first-order valence-electron chi connectivity index (χ1n) is 14.5. The summed E-state index contributed by atoms with van der Waals surface area (Å²) in [4.78, 5) is 54.6.